The first kappa shape index (κ1) is 11.9. The molecule has 21 heavy (non-hydrogen) atoms. The molecule has 0 aliphatic carbocycles. The Morgan fingerprint density at radius 3 is 2.48 bits per heavy atom. The molecule has 0 aliphatic heterocycles. The number of para-hydroxylation sites is 2. The SMILES string of the molecule is Cn1c(-c2coc(-c3ccccc3)n2)nc2ccccc21. The zero-order valence-electron chi connectivity index (χ0n) is 11.5. The summed E-state index contributed by atoms with van der Waals surface area (Å²) in [7, 11) is 1.99. The number of hydrogen-bond acceptors (Lipinski definition) is 3. The lowest BCUT2D eigenvalue weighted by atomic mass is 10.2. The number of rotatable bonds is 2. The zero-order valence-corrected chi connectivity index (χ0v) is 11.5. The van der Waals surface area contributed by atoms with Crippen LogP contribution in [0.5, 0.6) is 0 Å². The van der Waals surface area contributed by atoms with Crippen molar-refractivity contribution in [2.24, 2.45) is 7.05 Å². The van der Waals surface area contributed by atoms with E-state index in [1.165, 1.54) is 0 Å². The van der Waals surface area contributed by atoms with Crippen LogP contribution in [0.2, 0.25) is 0 Å². The molecule has 4 heteroatoms. The fourth-order valence-corrected chi connectivity index (χ4v) is 2.46. The van der Waals surface area contributed by atoms with Gasteiger partial charge in [-0.15, -0.1) is 0 Å². The van der Waals surface area contributed by atoms with Gasteiger partial charge in [0.15, 0.2) is 5.82 Å². The van der Waals surface area contributed by atoms with Crippen LogP contribution < -0.4 is 0 Å². The molecule has 0 unspecified atom stereocenters. The zero-order chi connectivity index (χ0) is 14.2. The molecule has 0 radical (unpaired) electrons. The molecule has 0 atom stereocenters. The van der Waals surface area contributed by atoms with Crippen molar-refractivity contribution < 1.29 is 4.42 Å². The molecule has 4 rings (SSSR count). The predicted octanol–water partition coefficient (Wildman–Crippen LogP) is 3.90. The smallest absolute Gasteiger partial charge is 0.226 e. The third kappa shape index (κ3) is 1.92. The molecule has 0 amide bonds. The van der Waals surface area contributed by atoms with Gasteiger partial charge in [0.2, 0.25) is 5.89 Å². The Labute approximate surface area is 121 Å². The van der Waals surface area contributed by atoms with Crippen LogP contribution in [0.3, 0.4) is 0 Å². The van der Waals surface area contributed by atoms with Gasteiger partial charge < -0.3 is 8.98 Å². The maximum Gasteiger partial charge on any atom is 0.226 e. The number of fused-ring (bicyclic) bond motifs is 1. The molecule has 0 saturated heterocycles. The van der Waals surface area contributed by atoms with Crippen molar-refractivity contribution in [2.75, 3.05) is 0 Å². The van der Waals surface area contributed by atoms with Crippen LogP contribution in [0.4, 0.5) is 0 Å². The van der Waals surface area contributed by atoms with Gasteiger partial charge in [-0.2, -0.15) is 0 Å². The maximum atomic E-state index is 5.59. The molecule has 0 saturated carbocycles. The Hall–Kier alpha value is -2.88. The standard InChI is InChI=1S/C17H13N3O/c1-20-15-10-6-5-9-13(15)18-16(20)14-11-21-17(19-14)12-7-3-2-4-8-12/h2-11H,1H3. The topological polar surface area (TPSA) is 43.9 Å². The molecule has 0 N–H and O–H groups in total. The van der Waals surface area contributed by atoms with Crippen molar-refractivity contribution in [3.05, 3.63) is 60.9 Å². The van der Waals surface area contributed by atoms with E-state index in [0.717, 1.165) is 28.1 Å². The van der Waals surface area contributed by atoms with E-state index in [2.05, 4.69) is 9.97 Å². The van der Waals surface area contributed by atoms with Crippen LogP contribution in [0.15, 0.2) is 65.3 Å². The lowest BCUT2D eigenvalue weighted by molar-refractivity contribution is 0.575. The Bertz CT molecular complexity index is 906. The summed E-state index contributed by atoms with van der Waals surface area (Å²) in [5.41, 5.74) is 3.74. The van der Waals surface area contributed by atoms with Gasteiger partial charge in [-0.3, -0.25) is 0 Å². The Kier molecular flexibility index (Phi) is 2.60. The van der Waals surface area contributed by atoms with Crippen molar-refractivity contribution in [1.82, 2.24) is 14.5 Å². The van der Waals surface area contributed by atoms with E-state index < -0.39 is 0 Å². The molecule has 0 aliphatic rings. The van der Waals surface area contributed by atoms with E-state index in [4.69, 9.17) is 4.42 Å². The Morgan fingerprint density at radius 2 is 1.67 bits per heavy atom. The summed E-state index contributed by atoms with van der Waals surface area (Å²) >= 11 is 0. The molecule has 102 valence electrons. The van der Waals surface area contributed by atoms with Gasteiger partial charge in [-0.1, -0.05) is 30.3 Å². The van der Waals surface area contributed by atoms with E-state index in [1.54, 1.807) is 6.26 Å². The van der Waals surface area contributed by atoms with Crippen molar-refractivity contribution in [1.29, 1.82) is 0 Å². The summed E-state index contributed by atoms with van der Waals surface area (Å²) in [4.78, 5) is 9.19. The monoisotopic (exact) mass is 275 g/mol. The predicted molar refractivity (Wildman–Crippen MR) is 81.6 cm³/mol. The summed E-state index contributed by atoms with van der Waals surface area (Å²) < 4.78 is 7.62. The van der Waals surface area contributed by atoms with E-state index in [1.807, 2.05) is 66.2 Å². The average molecular weight is 275 g/mol. The fraction of sp³-hybridized carbons (Fsp3) is 0.0588. The molecule has 2 aromatic carbocycles. The van der Waals surface area contributed by atoms with Gasteiger partial charge in [0, 0.05) is 12.6 Å². The van der Waals surface area contributed by atoms with E-state index >= 15 is 0 Å². The van der Waals surface area contributed by atoms with Gasteiger partial charge in [0.1, 0.15) is 12.0 Å². The molecule has 0 fully saturated rings. The van der Waals surface area contributed by atoms with Gasteiger partial charge in [-0.05, 0) is 24.3 Å². The van der Waals surface area contributed by atoms with E-state index in [9.17, 15) is 0 Å². The maximum absolute atomic E-state index is 5.59. The molecular formula is C17H13N3O. The van der Waals surface area contributed by atoms with Gasteiger partial charge in [0.25, 0.3) is 0 Å². The number of imidazole rings is 1. The Balaban J connectivity index is 1.83. The molecule has 4 nitrogen and oxygen atoms in total. The van der Waals surface area contributed by atoms with Crippen LogP contribution in [0, 0.1) is 0 Å². The minimum atomic E-state index is 0.609. The average Bonchev–Trinajstić information content (AvgIpc) is 3.14. The van der Waals surface area contributed by atoms with Crippen molar-refractivity contribution in [3.63, 3.8) is 0 Å². The number of oxazole rings is 1. The summed E-state index contributed by atoms with van der Waals surface area (Å²) in [6, 6.07) is 17.9. The normalized spacial score (nSPS) is 11.1. The van der Waals surface area contributed by atoms with Gasteiger partial charge >= 0.3 is 0 Å². The van der Waals surface area contributed by atoms with Crippen molar-refractivity contribution >= 4 is 11.0 Å². The third-order valence-electron chi connectivity index (χ3n) is 3.54. The van der Waals surface area contributed by atoms with Crippen LogP contribution >= 0.6 is 0 Å². The number of benzene rings is 2. The first-order valence-electron chi connectivity index (χ1n) is 6.76. The highest BCUT2D eigenvalue weighted by molar-refractivity contribution is 5.79. The summed E-state index contributed by atoms with van der Waals surface area (Å²) in [6.45, 7) is 0. The third-order valence-corrected chi connectivity index (χ3v) is 3.54. The largest absolute Gasteiger partial charge is 0.444 e. The van der Waals surface area contributed by atoms with Crippen LogP contribution in [-0.4, -0.2) is 14.5 Å². The number of hydrogen-bond donors (Lipinski definition) is 0. The molecular weight excluding hydrogens is 262 g/mol. The van der Waals surface area contributed by atoms with Crippen LogP contribution in [0.1, 0.15) is 0 Å². The lowest BCUT2D eigenvalue weighted by Crippen LogP contribution is -1.92. The highest BCUT2D eigenvalue weighted by atomic mass is 16.3. The van der Waals surface area contributed by atoms with Crippen molar-refractivity contribution in [3.8, 4) is 23.0 Å². The number of nitrogens with zero attached hydrogens (tertiary/aromatic N) is 3. The second-order valence-corrected chi connectivity index (χ2v) is 4.89. The summed E-state index contributed by atoms with van der Waals surface area (Å²) in [5, 5.41) is 0. The highest BCUT2D eigenvalue weighted by Gasteiger charge is 2.14. The molecule has 2 heterocycles. The van der Waals surface area contributed by atoms with Crippen LogP contribution in [-0.2, 0) is 7.05 Å². The first-order valence-corrected chi connectivity index (χ1v) is 6.76. The van der Waals surface area contributed by atoms with E-state index in [-0.39, 0.29) is 0 Å². The molecule has 4 aromatic rings. The second kappa shape index (κ2) is 4.59. The minimum Gasteiger partial charge on any atom is -0.444 e. The summed E-state index contributed by atoms with van der Waals surface area (Å²) in [5.74, 6) is 1.42. The summed E-state index contributed by atoms with van der Waals surface area (Å²) in [6.07, 6.45) is 1.66. The second-order valence-electron chi connectivity index (χ2n) is 4.89. The van der Waals surface area contributed by atoms with Crippen LogP contribution in [0.25, 0.3) is 34.0 Å². The molecule has 0 bridgehead atoms. The quantitative estimate of drug-likeness (QED) is 0.557. The Morgan fingerprint density at radius 1 is 0.905 bits per heavy atom. The van der Waals surface area contributed by atoms with Crippen molar-refractivity contribution in [2.45, 2.75) is 0 Å². The van der Waals surface area contributed by atoms with E-state index in [0.29, 0.717) is 5.89 Å². The number of aromatic nitrogens is 3. The first-order chi connectivity index (χ1) is 10.3. The van der Waals surface area contributed by atoms with Gasteiger partial charge in [-0.25, -0.2) is 9.97 Å². The lowest BCUT2D eigenvalue weighted by Gasteiger charge is -1.97. The number of aryl methyl sites for hydroxylation is 1. The molecule has 0 spiro atoms. The molecule has 2 aromatic heterocycles. The minimum absolute atomic E-state index is 0.609. The highest BCUT2D eigenvalue weighted by Crippen LogP contribution is 2.26. The van der Waals surface area contributed by atoms with Gasteiger partial charge in [0.05, 0.1) is 11.0 Å². The fourth-order valence-electron chi connectivity index (χ4n) is 2.46.